The summed E-state index contributed by atoms with van der Waals surface area (Å²) >= 11 is 0. The highest BCUT2D eigenvalue weighted by Gasteiger charge is 2.24. The Bertz CT molecular complexity index is 730. The quantitative estimate of drug-likeness (QED) is 0.716. The Morgan fingerprint density at radius 2 is 1.81 bits per heavy atom. The minimum absolute atomic E-state index is 0.108. The van der Waals surface area contributed by atoms with Gasteiger partial charge < -0.3 is 10.1 Å². The largest absolute Gasteiger partial charge is 0.455 e. The van der Waals surface area contributed by atoms with Crippen molar-refractivity contribution in [3.8, 4) is 0 Å². The molecule has 1 amide bonds. The average Bonchev–Trinajstić information content (AvgIpc) is 2.61. The van der Waals surface area contributed by atoms with Crippen LogP contribution < -0.4 is 5.32 Å². The molecule has 0 bridgehead atoms. The zero-order chi connectivity index (χ0) is 19.2. The highest BCUT2D eigenvalue weighted by Crippen LogP contribution is 2.17. The number of rotatable bonds is 7. The van der Waals surface area contributed by atoms with Gasteiger partial charge in [-0.3, -0.25) is 9.59 Å². The van der Waals surface area contributed by atoms with E-state index in [0.717, 1.165) is 60.7 Å². The van der Waals surface area contributed by atoms with Gasteiger partial charge in [0.05, 0.1) is 4.90 Å². The minimum Gasteiger partial charge on any atom is -0.455 e. The van der Waals surface area contributed by atoms with Gasteiger partial charge in [0.25, 0.3) is 5.91 Å². The Kier molecular flexibility index (Phi) is 7.10. The number of benzene rings is 1. The molecule has 26 heavy (non-hydrogen) atoms. The van der Waals surface area contributed by atoms with Crippen LogP contribution >= 0.6 is 0 Å². The fraction of sp³-hybridized carbons (Fsp3) is 0.529. The van der Waals surface area contributed by atoms with Crippen molar-refractivity contribution in [2.45, 2.75) is 43.0 Å². The van der Waals surface area contributed by atoms with Gasteiger partial charge in [-0.25, -0.2) is 12.8 Å². The summed E-state index contributed by atoms with van der Waals surface area (Å²) < 4.78 is 43.1. The Morgan fingerprint density at radius 3 is 2.42 bits per heavy atom. The Balaban J connectivity index is 1.80. The highest BCUT2D eigenvalue weighted by molar-refractivity contribution is 7.89. The molecule has 0 unspecified atom stereocenters. The fourth-order valence-electron chi connectivity index (χ4n) is 2.76. The van der Waals surface area contributed by atoms with Crippen LogP contribution in [0.15, 0.2) is 29.2 Å². The lowest BCUT2D eigenvalue weighted by molar-refractivity contribution is -0.148. The van der Waals surface area contributed by atoms with E-state index >= 15 is 0 Å². The number of amides is 1. The van der Waals surface area contributed by atoms with Crippen molar-refractivity contribution in [3.63, 3.8) is 0 Å². The molecule has 1 saturated carbocycles. The average molecular weight is 386 g/mol. The lowest BCUT2D eigenvalue weighted by Crippen LogP contribution is -2.40. The smallest absolute Gasteiger partial charge is 0.321 e. The van der Waals surface area contributed by atoms with Gasteiger partial charge in [-0.05, 0) is 37.1 Å². The number of carbonyl (C=O) groups excluding carboxylic acids is 2. The molecule has 0 saturated heterocycles. The van der Waals surface area contributed by atoms with E-state index in [1.807, 2.05) is 0 Å². The molecule has 1 aromatic carbocycles. The van der Waals surface area contributed by atoms with Crippen LogP contribution in [0.1, 0.15) is 32.1 Å². The van der Waals surface area contributed by atoms with E-state index in [1.54, 1.807) is 0 Å². The SMILES string of the molecule is CN(CC(=O)OCC(=O)NC1CCCCC1)S(=O)(=O)c1ccc(F)cc1. The van der Waals surface area contributed by atoms with Crippen molar-refractivity contribution in [2.75, 3.05) is 20.2 Å². The molecule has 1 aliphatic carbocycles. The van der Waals surface area contributed by atoms with Crippen LogP contribution in [0.5, 0.6) is 0 Å². The molecule has 1 aliphatic rings. The van der Waals surface area contributed by atoms with Gasteiger partial charge in [-0.15, -0.1) is 0 Å². The maximum atomic E-state index is 12.9. The van der Waals surface area contributed by atoms with Gasteiger partial charge in [0.1, 0.15) is 12.4 Å². The van der Waals surface area contributed by atoms with Crippen LogP contribution in [0, 0.1) is 5.82 Å². The summed E-state index contributed by atoms with van der Waals surface area (Å²) in [6, 6.07) is 4.38. The first-order valence-corrected chi connectivity index (χ1v) is 9.90. The van der Waals surface area contributed by atoms with E-state index in [9.17, 15) is 22.4 Å². The number of esters is 1. The number of nitrogens with zero attached hydrogens (tertiary/aromatic N) is 1. The predicted octanol–water partition coefficient (Wildman–Crippen LogP) is 1.44. The standard InChI is InChI=1S/C17H23FN2O5S/c1-20(26(23,24)15-9-7-13(18)8-10-15)11-17(22)25-12-16(21)19-14-5-3-2-4-6-14/h7-10,14H,2-6,11-12H2,1H3,(H,19,21). The van der Waals surface area contributed by atoms with Crippen molar-refractivity contribution in [2.24, 2.45) is 0 Å². The molecule has 144 valence electrons. The van der Waals surface area contributed by atoms with Crippen LogP contribution in [-0.4, -0.2) is 50.8 Å². The molecule has 1 fully saturated rings. The van der Waals surface area contributed by atoms with E-state index in [2.05, 4.69) is 5.32 Å². The first-order valence-electron chi connectivity index (χ1n) is 8.46. The highest BCUT2D eigenvalue weighted by atomic mass is 32.2. The first kappa shape index (κ1) is 20.3. The summed E-state index contributed by atoms with van der Waals surface area (Å²) in [6.45, 7) is -0.990. The Morgan fingerprint density at radius 1 is 1.19 bits per heavy atom. The summed E-state index contributed by atoms with van der Waals surface area (Å²) in [5.74, 6) is -1.79. The van der Waals surface area contributed by atoms with Crippen molar-refractivity contribution in [3.05, 3.63) is 30.1 Å². The van der Waals surface area contributed by atoms with Crippen LogP contribution in [-0.2, 0) is 24.3 Å². The number of carbonyl (C=O) groups is 2. The van der Waals surface area contributed by atoms with Crippen molar-refractivity contribution in [1.82, 2.24) is 9.62 Å². The third-order valence-electron chi connectivity index (χ3n) is 4.21. The maximum Gasteiger partial charge on any atom is 0.321 e. The lowest BCUT2D eigenvalue weighted by atomic mass is 9.95. The Labute approximate surface area is 152 Å². The summed E-state index contributed by atoms with van der Waals surface area (Å²) in [5.41, 5.74) is 0. The second kappa shape index (κ2) is 9.09. The number of ether oxygens (including phenoxy) is 1. The molecule has 2 rings (SSSR count). The van der Waals surface area contributed by atoms with E-state index in [-0.39, 0.29) is 10.9 Å². The molecule has 1 aromatic rings. The zero-order valence-electron chi connectivity index (χ0n) is 14.6. The van der Waals surface area contributed by atoms with E-state index in [0.29, 0.717) is 0 Å². The maximum absolute atomic E-state index is 12.9. The second-order valence-corrected chi connectivity index (χ2v) is 8.32. The monoisotopic (exact) mass is 386 g/mol. The molecule has 9 heteroatoms. The first-order chi connectivity index (χ1) is 12.3. The minimum atomic E-state index is -3.95. The molecule has 7 nitrogen and oxygen atoms in total. The van der Waals surface area contributed by atoms with Crippen LogP contribution in [0.4, 0.5) is 4.39 Å². The summed E-state index contributed by atoms with van der Waals surface area (Å²) in [5, 5.41) is 2.81. The van der Waals surface area contributed by atoms with Gasteiger partial charge in [0.15, 0.2) is 6.61 Å². The lowest BCUT2D eigenvalue weighted by Gasteiger charge is -2.22. The number of sulfonamides is 1. The summed E-state index contributed by atoms with van der Waals surface area (Å²) in [4.78, 5) is 23.5. The number of likely N-dealkylation sites (N-methyl/N-ethyl adjacent to an activating group) is 1. The molecular weight excluding hydrogens is 363 g/mol. The summed E-state index contributed by atoms with van der Waals surface area (Å²) in [7, 11) is -2.74. The van der Waals surface area contributed by atoms with Crippen molar-refractivity contribution >= 4 is 21.9 Å². The molecule has 0 atom stereocenters. The van der Waals surface area contributed by atoms with Crippen LogP contribution in [0.3, 0.4) is 0 Å². The topological polar surface area (TPSA) is 92.8 Å². The third kappa shape index (κ3) is 5.77. The van der Waals surface area contributed by atoms with Crippen molar-refractivity contribution < 1.29 is 27.1 Å². The van der Waals surface area contributed by atoms with Gasteiger partial charge in [-0.1, -0.05) is 19.3 Å². The molecule has 0 spiro atoms. The molecule has 1 N–H and O–H groups in total. The molecule has 0 aliphatic heterocycles. The van der Waals surface area contributed by atoms with E-state index in [4.69, 9.17) is 4.74 Å². The van der Waals surface area contributed by atoms with Crippen LogP contribution in [0.2, 0.25) is 0 Å². The fourth-order valence-corrected chi connectivity index (χ4v) is 3.88. The third-order valence-corrected chi connectivity index (χ3v) is 6.03. The van der Waals surface area contributed by atoms with Gasteiger partial charge >= 0.3 is 5.97 Å². The number of nitrogens with one attached hydrogen (secondary N) is 1. The second-order valence-electron chi connectivity index (χ2n) is 6.28. The van der Waals surface area contributed by atoms with Crippen LogP contribution in [0.25, 0.3) is 0 Å². The van der Waals surface area contributed by atoms with Gasteiger partial charge in [-0.2, -0.15) is 4.31 Å². The predicted molar refractivity (Wildman–Crippen MR) is 92.2 cm³/mol. The zero-order valence-corrected chi connectivity index (χ0v) is 15.4. The van der Waals surface area contributed by atoms with E-state index < -0.39 is 40.9 Å². The normalized spacial score (nSPS) is 15.7. The molecule has 0 radical (unpaired) electrons. The molecular formula is C17H23FN2O5S. The van der Waals surface area contributed by atoms with Gasteiger partial charge in [0, 0.05) is 13.1 Å². The Hall–Kier alpha value is -2.00. The van der Waals surface area contributed by atoms with E-state index in [1.165, 1.54) is 7.05 Å². The van der Waals surface area contributed by atoms with Crippen molar-refractivity contribution in [1.29, 1.82) is 0 Å². The molecule has 0 aromatic heterocycles. The number of hydrogen-bond acceptors (Lipinski definition) is 5. The molecule has 0 heterocycles. The van der Waals surface area contributed by atoms with Gasteiger partial charge in [0.2, 0.25) is 10.0 Å². The summed E-state index contributed by atoms with van der Waals surface area (Å²) in [6.07, 6.45) is 5.13. The number of hydrogen-bond donors (Lipinski definition) is 1. The number of halogens is 1.